The topological polar surface area (TPSA) is 49.4 Å². The normalized spacial score (nSPS) is 23.2. The van der Waals surface area contributed by atoms with E-state index < -0.39 is 12.1 Å². The van der Waals surface area contributed by atoms with Gasteiger partial charge in [-0.1, -0.05) is 6.92 Å². The van der Waals surface area contributed by atoms with Crippen LogP contribution in [0.3, 0.4) is 0 Å². The number of hydrogen-bond donors (Lipinski definition) is 1. The second-order valence-corrected chi connectivity index (χ2v) is 5.94. The number of benzene rings is 1. The Bertz CT molecular complexity index is 679. The molecule has 2 amide bonds. The van der Waals surface area contributed by atoms with Crippen LogP contribution in [0.4, 0.5) is 5.69 Å². The summed E-state index contributed by atoms with van der Waals surface area (Å²) in [5.41, 5.74) is 0.793. The van der Waals surface area contributed by atoms with Crippen molar-refractivity contribution < 1.29 is 9.59 Å². The summed E-state index contributed by atoms with van der Waals surface area (Å²) in [5.74, 6) is -0.129. The van der Waals surface area contributed by atoms with Gasteiger partial charge in [0.2, 0.25) is 11.8 Å². The predicted molar refractivity (Wildman–Crippen MR) is 81.0 cm³/mol. The lowest BCUT2D eigenvalue weighted by atomic mass is 10.0. The van der Waals surface area contributed by atoms with E-state index in [0.29, 0.717) is 6.42 Å². The Morgan fingerprint density at radius 3 is 2.85 bits per heavy atom. The van der Waals surface area contributed by atoms with Crippen molar-refractivity contribution in [3.63, 3.8) is 0 Å². The lowest BCUT2D eigenvalue weighted by molar-refractivity contribution is -0.133. The standard InChI is InChI=1S/C15H16N2O2S/c1-3-12-15(19)17(9(2)14(18)16-12)11-4-5-13-10(8-11)6-7-20-13/h4-9,12H,3H2,1-2H3,(H,16,18). The number of anilines is 1. The maximum Gasteiger partial charge on any atom is 0.250 e. The summed E-state index contributed by atoms with van der Waals surface area (Å²) >= 11 is 1.67. The van der Waals surface area contributed by atoms with Gasteiger partial charge in [-0.05, 0) is 48.4 Å². The van der Waals surface area contributed by atoms with Crippen LogP contribution in [0.15, 0.2) is 29.6 Å². The molecule has 0 bridgehead atoms. The number of nitrogens with zero attached hydrogens (tertiary/aromatic N) is 1. The van der Waals surface area contributed by atoms with Gasteiger partial charge < -0.3 is 5.32 Å². The fourth-order valence-corrected chi connectivity index (χ4v) is 3.33. The van der Waals surface area contributed by atoms with Crippen LogP contribution in [0, 0.1) is 0 Å². The molecule has 2 unspecified atom stereocenters. The highest BCUT2D eigenvalue weighted by atomic mass is 32.1. The number of piperazine rings is 1. The molecular formula is C15H16N2O2S. The zero-order chi connectivity index (χ0) is 14.3. The fourth-order valence-electron chi connectivity index (χ4n) is 2.56. The van der Waals surface area contributed by atoms with Crippen molar-refractivity contribution in [1.29, 1.82) is 0 Å². The van der Waals surface area contributed by atoms with Crippen molar-refractivity contribution in [3.8, 4) is 0 Å². The van der Waals surface area contributed by atoms with Crippen molar-refractivity contribution in [2.75, 3.05) is 4.90 Å². The number of hydrogen-bond acceptors (Lipinski definition) is 3. The van der Waals surface area contributed by atoms with E-state index in [0.717, 1.165) is 11.1 Å². The minimum absolute atomic E-state index is 0.0332. The minimum Gasteiger partial charge on any atom is -0.343 e. The Morgan fingerprint density at radius 2 is 2.10 bits per heavy atom. The van der Waals surface area contributed by atoms with Crippen LogP contribution in [-0.4, -0.2) is 23.9 Å². The first-order valence-corrected chi connectivity index (χ1v) is 7.60. The third-order valence-corrected chi connectivity index (χ3v) is 4.64. The first kappa shape index (κ1) is 13.1. The summed E-state index contributed by atoms with van der Waals surface area (Å²) in [6.07, 6.45) is 0.606. The lowest BCUT2D eigenvalue weighted by Gasteiger charge is -2.37. The number of rotatable bonds is 2. The molecule has 1 aromatic heterocycles. The summed E-state index contributed by atoms with van der Waals surface area (Å²) < 4.78 is 1.18. The molecule has 0 spiro atoms. The van der Waals surface area contributed by atoms with Gasteiger partial charge >= 0.3 is 0 Å². The largest absolute Gasteiger partial charge is 0.343 e. The second kappa shape index (κ2) is 4.90. The van der Waals surface area contributed by atoms with E-state index in [1.54, 1.807) is 23.2 Å². The van der Waals surface area contributed by atoms with E-state index >= 15 is 0 Å². The van der Waals surface area contributed by atoms with Gasteiger partial charge in [-0.15, -0.1) is 11.3 Å². The van der Waals surface area contributed by atoms with Gasteiger partial charge in [0.15, 0.2) is 0 Å². The van der Waals surface area contributed by atoms with Crippen LogP contribution in [0.25, 0.3) is 10.1 Å². The number of fused-ring (bicyclic) bond motifs is 1. The summed E-state index contributed by atoms with van der Waals surface area (Å²) in [4.78, 5) is 26.1. The van der Waals surface area contributed by atoms with Gasteiger partial charge in [0.25, 0.3) is 0 Å². The Hall–Kier alpha value is -1.88. The van der Waals surface area contributed by atoms with E-state index in [1.165, 1.54) is 4.70 Å². The van der Waals surface area contributed by atoms with Crippen LogP contribution in [0.1, 0.15) is 20.3 Å². The summed E-state index contributed by atoms with van der Waals surface area (Å²) in [5, 5.41) is 5.90. The Morgan fingerprint density at radius 1 is 1.30 bits per heavy atom. The SMILES string of the molecule is CCC1NC(=O)C(C)N(c2ccc3sccc3c2)C1=O. The maximum atomic E-state index is 12.5. The Labute approximate surface area is 121 Å². The van der Waals surface area contributed by atoms with Crippen molar-refractivity contribution in [3.05, 3.63) is 29.6 Å². The van der Waals surface area contributed by atoms with E-state index in [9.17, 15) is 9.59 Å². The highest BCUT2D eigenvalue weighted by molar-refractivity contribution is 7.17. The lowest BCUT2D eigenvalue weighted by Crippen LogP contribution is -2.62. The number of carbonyl (C=O) groups is 2. The highest BCUT2D eigenvalue weighted by Gasteiger charge is 2.38. The Kier molecular flexibility index (Phi) is 3.22. The van der Waals surface area contributed by atoms with Crippen molar-refractivity contribution in [2.45, 2.75) is 32.4 Å². The molecule has 2 atom stereocenters. The molecular weight excluding hydrogens is 272 g/mol. The van der Waals surface area contributed by atoms with Crippen molar-refractivity contribution in [1.82, 2.24) is 5.32 Å². The van der Waals surface area contributed by atoms with Gasteiger partial charge in [-0.3, -0.25) is 14.5 Å². The fraction of sp³-hybridized carbons (Fsp3) is 0.333. The van der Waals surface area contributed by atoms with Crippen LogP contribution in [-0.2, 0) is 9.59 Å². The molecule has 1 aliphatic rings. The van der Waals surface area contributed by atoms with Gasteiger partial charge in [0, 0.05) is 10.4 Å². The van der Waals surface area contributed by atoms with Gasteiger partial charge in [0.1, 0.15) is 12.1 Å². The van der Waals surface area contributed by atoms with E-state index in [-0.39, 0.29) is 11.8 Å². The van der Waals surface area contributed by atoms with Gasteiger partial charge in [-0.25, -0.2) is 0 Å². The van der Waals surface area contributed by atoms with Crippen molar-refractivity contribution in [2.24, 2.45) is 0 Å². The average Bonchev–Trinajstić information content (AvgIpc) is 2.90. The highest BCUT2D eigenvalue weighted by Crippen LogP contribution is 2.28. The number of amides is 2. The first-order valence-electron chi connectivity index (χ1n) is 6.72. The quantitative estimate of drug-likeness (QED) is 0.923. The molecule has 3 rings (SSSR count). The second-order valence-electron chi connectivity index (χ2n) is 5.00. The molecule has 20 heavy (non-hydrogen) atoms. The molecule has 1 N–H and O–H groups in total. The number of carbonyl (C=O) groups excluding carboxylic acids is 2. The Balaban J connectivity index is 2.04. The molecule has 1 fully saturated rings. The van der Waals surface area contributed by atoms with Gasteiger partial charge in [0.05, 0.1) is 0 Å². The number of thiophene rings is 1. The molecule has 0 aliphatic carbocycles. The van der Waals surface area contributed by atoms with Crippen molar-refractivity contribution >= 4 is 38.9 Å². The first-order chi connectivity index (χ1) is 9.61. The third kappa shape index (κ3) is 1.98. The maximum absolute atomic E-state index is 12.5. The van der Waals surface area contributed by atoms with Crippen LogP contribution in [0.5, 0.6) is 0 Å². The van der Waals surface area contributed by atoms with E-state index in [2.05, 4.69) is 5.32 Å². The predicted octanol–water partition coefficient (Wildman–Crippen LogP) is 2.53. The zero-order valence-corrected chi connectivity index (χ0v) is 12.2. The van der Waals surface area contributed by atoms with E-state index in [4.69, 9.17) is 0 Å². The summed E-state index contributed by atoms with van der Waals surface area (Å²) in [7, 11) is 0. The monoisotopic (exact) mass is 288 g/mol. The molecule has 4 nitrogen and oxygen atoms in total. The average molecular weight is 288 g/mol. The molecule has 1 saturated heterocycles. The zero-order valence-electron chi connectivity index (χ0n) is 11.4. The molecule has 2 aromatic rings. The van der Waals surface area contributed by atoms with Crippen LogP contribution >= 0.6 is 11.3 Å². The smallest absolute Gasteiger partial charge is 0.250 e. The summed E-state index contributed by atoms with van der Waals surface area (Å²) in [6.45, 7) is 3.66. The third-order valence-electron chi connectivity index (χ3n) is 3.74. The summed E-state index contributed by atoms with van der Waals surface area (Å²) in [6, 6.07) is 7.03. The minimum atomic E-state index is -0.471. The van der Waals surface area contributed by atoms with Crippen LogP contribution in [0.2, 0.25) is 0 Å². The molecule has 1 aliphatic heterocycles. The molecule has 0 saturated carbocycles. The molecule has 0 radical (unpaired) electrons. The number of nitrogens with one attached hydrogen (secondary N) is 1. The molecule has 1 aromatic carbocycles. The van der Waals surface area contributed by atoms with Gasteiger partial charge in [-0.2, -0.15) is 0 Å². The van der Waals surface area contributed by atoms with Crippen LogP contribution < -0.4 is 10.2 Å². The molecule has 104 valence electrons. The molecule has 5 heteroatoms. The van der Waals surface area contributed by atoms with E-state index in [1.807, 2.05) is 36.6 Å². The molecule has 2 heterocycles.